The zero-order valence-electron chi connectivity index (χ0n) is 10.4. The largest absolute Gasteiger partial charge is 0.394 e. The van der Waals surface area contributed by atoms with Crippen LogP contribution in [0.15, 0.2) is 18.3 Å². The number of rotatable bonds is 5. The normalized spacial score (nSPS) is 16.9. The van der Waals surface area contributed by atoms with Crippen molar-refractivity contribution < 1.29 is 9.84 Å². The van der Waals surface area contributed by atoms with Crippen molar-refractivity contribution in [2.45, 2.75) is 18.9 Å². The summed E-state index contributed by atoms with van der Waals surface area (Å²) in [6.07, 6.45) is 3.97. The van der Waals surface area contributed by atoms with Gasteiger partial charge in [-0.1, -0.05) is 0 Å². The molecule has 0 amide bonds. The third kappa shape index (κ3) is 3.32. The highest BCUT2D eigenvalue weighted by Crippen LogP contribution is 2.22. The highest BCUT2D eigenvalue weighted by atomic mass is 16.5. The number of nitrogen functional groups attached to an aromatic ring is 1. The fraction of sp³-hybridized carbons (Fsp3) is 0.583. The number of nitrogens with zero attached hydrogens (tertiary/aromatic N) is 2. The topological polar surface area (TPSA) is 83.6 Å². The van der Waals surface area contributed by atoms with E-state index >= 15 is 0 Å². The second kappa shape index (κ2) is 6.53. The number of hydrogen-bond donors (Lipinski definition) is 3. The maximum atomic E-state index is 8.72. The minimum Gasteiger partial charge on any atom is -0.394 e. The molecule has 0 aromatic carbocycles. The lowest BCUT2D eigenvalue weighted by Crippen LogP contribution is -2.37. The van der Waals surface area contributed by atoms with E-state index < -0.39 is 0 Å². The minimum absolute atomic E-state index is 0.0934. The number of piperidine rings is 1. The molecule has 0 aliphatic carbocycles. The summed E-state index contributed by atoms with van der Waals surface area (Å²) in [7, 11) is 0. The summed E-state index contributed by atoms with van der Waals surface area (Å²) in [4.78, 5) is 6.39. The van der Waals surface area contributed by atoms with Crippen LogP contribution in [-0.4, -0.2) is 42.5 Å². The van der Waals surface area contributed by atoms with E-state index in [0.29, 0.717) is 12.4 Å². The van der Waals surface area contributed by atoms with Gasteiger partial charge in [0.15, 0.2) is 0 Å². The van der Waals surface area contributed by atoms with Crippen molar-refractivity contribution in [3.63, 3.8) is 0 Å². The molecule has 0 saturated carbocycles. The van der Waals surface area contributed by atoms with Crippen molar-refractivity contribution in [2.24, 2.45) is 5.84 Å². The molecule has 0 bridgehead atoms. The van der Waals surface area contributed by atoms with E-state index in [9.17, 15) is 0 Å². The van der Waals surface area contributed by atoms with Gasteiger partial charge in [0.25, 0.3) is 0 Å². The van der Waals surface area contributed by atoms with Crippen molar-refractivity contribution in [3.05, 3.63) is 18.3 Å². The van der Waals surface area contributed by atoms with E-state index in [0.717, 1.165) is 31.6 Å². The molecular weight excluding hydrogens is 232 g/mol. The number of nitrogens with one attached hydrogen (secondary N) is 1. The third-order valence-electron chi connectivity index (χ3n) is 3.14. The van der Waals surface area contributed by atoms with E-state index in [1.807, 2.05) is 12.1 Å². The van der Waals surface area contributed by atoms with Crippen LogP contribution >= 0.6 is 0 Å². The standard InChI is InChI=1S/C12H20N4O2/c13-15-12-9-10(1-4-14-12)16-5-2-11(3-6-16)18-8-7-17/h1,4,9,11,17H,2-3,5-8,13H2,(H,14,15). The maximum absolute atomic E-state index is 8.72. The maximum Gasteiger partial charge on any atom is 0.141 e. The zero-order valence-corrected chi connectivity index (χ0v) is 10.4. The van der Waals surface area contributed by atoms with Crippen molar-refractivity contribution in [1.82, 2.24) is 4.98 Å². The van der Waals surface area contributed by atoms with Crippen molar-refractivity contribution in [3.8, 4) is 0 Å². The minimum atomic E-state index is 0.0934. The van der Waals surface area contributed by atoms with Crippen LogP contribution in [0.4, 0.5) is 11.5 Å². The molecule has 100 valence electrons. The molecule has 6 nitrogen and oxygen atoms in total. The SMILES string of the molecule is NNc1cc(N2CCC(OCCO)CC2)ccn1. The van der Waals surface area contributed by atoms with Gasteiger partial charge in [-0.15, -0.1) is 0 Å². The molecule has 2 heterocycles. The van der Waals surface area contributed by atoms with Crippen LogP contribution in [0.2, 0.25) is 0 Å². The van der Waals surface area contributed by atoms with Gasteiger partial charge < -0.3 is 20.2 Å². The average Bonchev–Trinajstić information content (AvgIpc) is 2.46. The molecule has 0 spiro atoms. The Hall–Kier alpha value is -1.37. The number of pyridine rings is 1. The van der Waals surface area contributed by atoms with Gasteiger partial charge in [-0.3, -0.25) is 0 Å². The van der Waals surface area contributed by atoms with Crippen LogP contribution in [0.25, 0.3) is 0 Å². The fourth-order valence-corrected chi connectivity index (χ4v) is 2.20. The first kappa shape index (κ1) is 13.1. The predicted molar refractivity (Wildman–Crippen MR) is 70.3 cm³/mol. The molecule has 1 aliphatic heterocycles. The molecule has 0 atom stereocenters. The summed E-state index contributed by atoms with van der Waals surface area (Å²) in [5.74, 6) is 6.02. The molecule has 4 N–H and O–H groups in total. The summed E-state index contributed by atoms with van der Waals surface area (Å²) < 4.78 is 5.54. The van der Waals surface area contributed by atoms with Gasteiger partial charge in [-0.05, 0) is 18.9 Å². The summed E-state index contributed by atoms with van der Waals surface area (Å²) in [5, 5.41) is 8.72. The summed E-state index contributed by atoms with van der Waals surface area (Å²) >= 11 is 0. The number of ether oxygens (including phenoxy) is 1. The van der Waals surface area contributed by atoms with Gasteiger partial charge in [-0.2, -0.15) is 0 Å². The number of aromatic nitrogens is 1. The second-order valence-electron chi connectivity index (χ2n) is 4.32. The van der Waals surface area contributed by atoms with Gasteiger partial charge in [0.1, 0.15) is 5.82 Å². The molecule has 1 aromatic rings. The van der Waals surface area contributed by atoms with Gasteiger partial charge >= 0.3 is 0 Å². The summed E-state index contributed by atoms with van der Waals surface area (Å²) in [5.41, 5.74) is 3.68. The van der Waals surface area contributed by atoms with Gasteiger partial charge in [0, 0.05) is 31.0 Å². The molecular formula is C12H20N4O2. The number of hydrogen-bond acceptors (Lipinski definition) is 6. The molecule has 1 saturated heterocycles. The van der Waals surface area contributed by atoms with Crippen LogP contribution < -0.4 is 16.2 Å². The third-order valence-corrected chi connectivity index (χ3v) is 3.14. The van der Waals surface area contributed by atoms with Crippen molar-refractivity contribution in [1.29, 1.82) is 0 Å². The van der Waals surface area contributed by atoms with Gasteiger partial charge in [0.05, 0.1) is 19.3 Å². The Kier molecular flexibility index (Phi) is 4.74. The first-order chi connectivity index (χ1) is 8.83. The molecule has 6 heteroatoms. The smallest absolute Gasteiger partial charge is 0.141 e. The Labute approximate surface area is 107 Å². The first-order valence-electron chi connectivity index (χ1n) is 6.23. The highest BCUT2D eigenvalue weighted by Gasteiger charge is 2.19. The molecule has 18 heavy (non-hydrogen) atoms. The molecule has 2 rings (SSSR count). The second-order valence-corrected chi connectivity index (χ2v) is 4.32. The van der Waals surface area contributed by atoms with E-state index in [-0.39, 0.29) is 12.7 Å². The fourth-order valence-electron chi connectivity index (χ4n) is 2.20. The first-order valence-corrected chi connectivity index (χ1v) is 6.23. The Balaban J connectivity index is 1.88. The lowest BCUT2D eigenvalue weighted by molar-refractivity contribution is 0.0159. The van der Waals surface area contributed by atoms with E-state index in [4.69, 9.17) is 15.7 Å². The highest BCUT2D eigenvalue weighted by molar-refractivity contribution is 5.53. The Morgan fingerprint density at radius 3 is 2.94 bits per heavy atom. The van der Waals surface area contributed by atoms with E-state index in [2.05, 4.69) is 15.3 Å². The van der Waals surface area contributed by atoms with Crippen LogP contribution in [0, 0.1) is 0 Å². The Bertz CT molecular complexity index is 367. The van der Waals surface area contributed by atoms with Crippen LogP contribution in [-0.2, 0) is 4.74 Å². The predicted octanol–water partition coefficient (Wildman–Crippen LogP) is 0.345. The number of anilines is 2. The van der Waals surface area contributed by atoms with E-state index in [1.54, 1.807) is 6.20 Å². The Morgan fingerprint density at radius 1 is 1.50 bits per heavy atom. The molecule has 1 aliphatic rings. The number of nitrogens with two attached hydrogens (primary N) is 1. The molecule has 0 radical (unpaired) electrons. The summed E-state index contributed by atoms with van der Waals surface area (Å²) in [6.45, 7) is 2.42. The quantitative estimate of drug-likeness (QED) is 0.518. The van der Waals surface area contributed by atoms with Crippen LogP contribution in [0.1, 0.15) is 12.8 Å². The zero-order chi connectivity index (χ0) is 12.8. The number of aliphatic hydroxyl groups excluding tert-OH is 1. The van der Waals surface area contributed by atoms with E-state index in [1.165, 1.54) is 0 Å². The monoisotopic (exact) mass is 252 g/mol. The number of aliphatic hydroxyl groups is 1. The van der Waals surface area contributed by atoms with Gasteiger partial charge in [0.2, 0.25) is 0 Å². The Morgan fingerprint density at radius 2 is 2.28 bits per heavy atom. The lowest BCUT2D eigenvalue weighted by atomic mass is 10.1. The molecule has 0 unspecified atom stereocenters. The van der Waals surface area contributed by atoms with Crippen LogP contribution in [0.3, 0.4) is 0 Å². The van der Waals surface area contributed by atoms with Gasteiger partial charge in [-0.25, -0.2) is 10.8 Å². The van der Waals surface area contributed by atoms with Crippen molar-refractivity contribution >= 4 is 11.5 Å². The molecule has 1 fully saturated rings. The average molecular weight is 252 g/mol. The lowest BCUT2D eigenvalue weighted by Gasteiger charge is -2.33. The number of hydrazine groups is 1. The van der Waals surface area contributed by atoms with Crippen molar-refractivity contribution in [2.75, 3.05) is 36.6 Å². The summed E-state index contributed by atoms with van der Waals surface area (Å²) in [6, 6.07) is 3.92. The molecule has 1 aromatic heterocycles. The van der Waals surface area contributed by atoms with Crippen LogP contribution in [0.5, 0.6) is 0 Å².